The highest BCUT2D eigenvalue weighted by Gasteiger charge is 2.05. The SMILES string of the molecule is O=C(NCc1cscn1)c1cccs1. The fourth-order valence-corrected chi connectivity index (χ4v) is 2.19. The van der Waals surface area contributed by atoms with Crippen molar-refractivity contribution in [2.75, 3.05) is 0 Å². The van der Waals surface area contributed by atoms with Crippen LogP contribution in [0.1, 0.15) is 15.4 Å². The number of nitrogens with zero attached hydrogens (tertiary/aromatic N) is 1. The van der Waals surface area contributed by atoms with Crippen LogP contribution in [0, 0.1) is 0 Å². The van der Waals surface area contributed by atoms with Gasteiger partial charge in [-0.3, -0.25) is 4.79 Å². The van der Waals surface area contributed by atoms with Crippen LogP contribution >= 0.6 is 22.7 Å². The Balaban J connectivity index is 1.90. The Labute approximate surface area is 89.4 Å². The minimum atomic E-state index is -0.0343. The summed E-state index contributed by atoms with van der Waals surface area (Å²) in [7, 11) is 0. The summed E-state index contributed by atoms with van der Waals surface area (Å²) in [6.07, 6.45) is 0. The Kier molecular flexibility index (Phi) is 2.90. The Morgan fingerprint density at radius 2 is 2.50 bits per heavy atom. The minimum absolute atomic E-state index is 0.0343. The van der Waals surface area contributed by atoms with Crippen LogP contribution in [0.4, 0.5) is 0 Å². The lowest BCUT2D eigenvalue weighted by molar-refractivity contribution is 0.0954. The van der Waals surface area contributed by atoms with Gasteiger partial charge in [-0.15, -0.1) is 22.7 Å². The molecular weight excluding hydrogens is 216 g/mol. The molecule has 0 saturated carbocycles. The van der Waals surface area contributed by atoms with Gasteiger partial charge in [0.2, 0.25) is 0 Å². The van der Waals surface area contributed by atoms with Crippen molar-refractivity contribution in [2.24, 2.45) is 0 Å². The fraction of sp³-hybridized carbons (Fsp3) is 0.111. The van der Waals surface area contributed by atoms with Crippen LogP contribution < -0.4 is 5.32 Å². The third kappa shape index (κ3) is 2.18. The number of nitrogens with one attached hydrogen (secondary N) is 1. The average molecular weight is 224 g/mol. The monoisotopic (exact) mass is 224 g/mol. The zero-order valence-electron chi connectivity index (χ0n) is 7.27. The van der Waals surface area contributed by atoms with E-state index in [0.717, 1.165) is 10.6 Å². The fourth-order valence-electron chi connectivity index (χ4n) is 0.991. The maximum absolute atomic E-state index is 11.5. The van der Waals surface area contributed by atoms with Crippen molar-refractivity contribution in [2.45, 2.75) is 6.54 Å². The van der Waals surface area contributed by atoms with Crippen LogP contribution in [0.25, 0.3) is 0 Å². The first-order valence-electron chi connectivity index (χ1n) is 4.05. The van der Waals surface area contributed by atoms with Crippen LogP contribution in [-0.4, -0.2) is 10.9 Å². The van der Waals surface area contributed by atoms with Gasteiger partial charge in [-0.05, 0) is 11.4 Å². The molecule has 0 aliphatic rings. The molecule has 2 rings (SSSR count). The number of amides is 1. The van der Waals surface area contributed by atoms with Crippen LogP contribution in [0.2, 0.25) is 0 Å². The highest BCUT2D eigenvalue weighted by Crippen LogP contribution is 2.08. The summed E-state index contributed by atoms with van der Waals surface area (Å²) in [5.41, 5.74) is 2.66. The van der Waals surface area contributed by atoms with E-state index < -0.39 is 0 Å². The van der Waals surface area contributed by atoms with Crippen molar-refractivity contribution in [1.29, 1.82) is 0 Å². The summed E-state index contributed by atoms with van der Waals surface area (Å²) in [4.78, 5) is 16.3. The van der Waals surface area contributed by atoms with Gasteiger partial charge in [0.25, 0.3) is 5.91 Å². The van der Waals surface area contributed by atoms with Gasteiger partial charge >= 0.3 is 0 Å². The van der Waals surface area contributed by atoms with Gasteiger partial charge < -0.3 is 5.32 Å². The van der Waals surface area contributed by atoms with E-state index in [4.69, 9.17) is 0 Å². The molecule has 0 bridgehead atoms. The molecule has 0 radical (unpaired) electrons. The third-order valence-electron chi connectivity index (χ3n) is 1.66. The van der Waals surface area contributed by atoms with Gasteiger partial charge in [0, 0.05) is 5.38 Å². The van der Waals surface area contributed by atoms with Crippen LogP contribution in [0.15, 0.2) is 28.4 Å². The number of carbonyl (C=O) groups is 1. The van der Waals surface area contributed by atoms with E-state index in [1.807, 2.05) is 16.8 Å². The zero-order chi connectivity index (χ0) is 9.80. The number of hydrogen-bond acceptors (Lipinski definition) is 4. The lowest BCUT2D eigenvalue weighted by Gasteiger charge is -1.99. The van der Waals surface area contributed by atoms with E-state index in [0.29, 0.717) is 6.54 Å². The van der Waals surface area contributed by atoms with Crippen molar-refractivity contribution in [3.63, 3.8) is 0 Å². The Morgan fingerprint density at radius 3 is 3.14 bits per heavy atom. The van der Waals surface area contributed by atoms with Gasteiger partial charge in [0.15, 0.2) is 0 Å². The molecule has 2 aromatic rings. The highest BCUT2D eigenvalue weighted by atomic mass is 32.1. The molecule has 0 aromatic carbocycles. The van der Waals surface area contributed by atoms with Crippen LogP contribution in [-0.2, 0) is 6.54 Å². The quantitative estimate of drug-likeness (QED) is 0.867. The van der Waals surface area contributed by atoms with E-state index in [2.05, 4.69) is 10.3 Å². The molecule has 0 aliphatic carbocycles. The number of hydrogen-bond donors (Lipinski definition) is 1. The number of aromatic nitrogens is 1. The minimum Gasteiger partial charge on any atom is -0.346 e. The largest absolute Gasteiger partial charge is 0.346 e. The first-order valence-corrected chi connectivity index (χ1v) is 5.87. The second-order valence-corrected chi connectivity index (χ2v) is 4.31. The molecule has 0 atom stereocenters. The molecule has 0 fully saturated rings. The summed E-state index contributed by atoms with van der Waals surface area (Å²) in [5, 5.41) is 6.62. The molecular formula is C9H8N2OS2. The lowest BCUT2D eigenvalue weighted by Crippen LogP contribution is -2.21. The average Bonchev–Trinajstić information content (AvgIpc) is 2.87. The molecule has 1 amide bonds. The van der Waals surface area contributed by atoms with E-state index in [1.165, 1.54) is 22.7 Å². The second kappa shape index (κ2) is 4.34. The number of rotatable bonds is 3. The molecule has 0 aliphatic heterocycles. The molecule has 2 heterocycles. The zero-order valence-corrected chi connectivity index (χ0v) is 8.90. The van der Waals surface area contributed by atoms with Gasteiger partial charge in [-0.2, -0.15) is 0 Å². The molecule has 5 heteroatoms. The number of thiazole rings is 1. The summed E-state index contributed by atoms with van der Waals surface area (Å²) in [5.74, 6) is -0.0343. The van der Waals surface area contributed by atoms with Crippen molar-refractivity contribution in [1.82, 2.24) is 10.3 Å². The van der Waals surface area contributed by atoms with E-state index >= 15 is 0 Å². The summed E-state index contributed by atoms with van der Waals surface area (Å²) >= 11 is 2.97. The van der Waals surface area contributed by atoms with Crippen molar-refractivity contribution < 1.29 is 4.79 Å². The topological polar surface area (TPSA) is 42.0 Å². The molecule has 1 N–H and O–H groups in total. The maximum Gasteiger partial charge on any atom is 0.261 e. The highest BCUT2D eigenvalue weighted by molar-refractivity contribution is 7.12. The first-order chi connectivity index (χ1) is 6.86. The summed E-state index contributed by atoms with van der Waals surface area (Å²) in [6.45, 7) is 0.500. The number of thiophene rings is 1. The summed E-state index contributed by atoms with van der Waals surface area (Å²) < 4.78 is 0. The standard InChI is InChI=1S/C9H8N2OS2/c12-9(8-2-1-3-14-8)10-4-7-5-13-6-11-7/h1-3,5-6H,4H2,(H,10,12). The second-order valence-electron chi connectivity index (χ2n) is 2.64. The van der Waals surface area contributed by atoms with Crippen molar-refractivity contribution in [3.05, 3.63) is 39.0 Å². The first kappa shape index (κ1) is 9.36. The van der Waals surface area contributed by atoms with Gasteiger partial charge in [0.1, 0.15) is 0 Å². The number of carbonyl (C=O) groups excluding carboxylic acids is 1. The lowest BCUT2D eigenvalue weighted by atomic mass is 10.4. The van der Waals surface area contributed by atoms with Gasteiger partial charge in [0.05, 0.1) is 22.6 Å². The Hall–Kier alpha value is -1.20. The molecule has 14 heavy (non-hydrogen) atoms. The Bertz CT molecular complexity index is 394. The van der Waals surface area contributed by atoms with Gasteiger partial charge in [-0.25, -0.2) is 4.98 Å². The molecule has 0 unspecified atom stereocenters. The predicted octanol–water partition coefficient (Wildman–Crippen LogP) is 2.13. The molecule has 0 saturated heterocycles. The van der Waals surface area contributed by atoms with E-state index in [-0.39, 0.29) is 5.91 Å². The molecule has 3 nitrogen and oxygen atoms in total. The smallest absolute Gasteiger partial charge is 0.261 e. The molecule has 0 spiro atoms. The predicted molar refractivity (Wildman–Crippen MR) is 57.6 cm³/mol. The molecule has 2 aromatic heterocycles. The normalized spacial score (nSPS) is 10.0. The van der Waals surface area contributed by atoms with Gasteiger partial charge in [-0.1, -0.05) is 6.07 Å². The van der Waals surface area contributed by atoms with Crippen LogP contribution in [0.3, 0.4) is 0 Å². The van der Waals surface area contributed by atoms with Crippen LogP contribution in [0.5, 0.6) is 0 Å². The van der Waals surface area contributed by atoms with E-state index in [9.17, 15) is 4.79 Å². The maximum atomic E-state index is 11.5. The van der Waals surface area contributed by atoms with Crippen molar-refractivity contribution >= 4 is 28.6 Å². The van der Waals surface area contributed by atoms with Crippen molar-refractivity contribution in [3.8, 4) is 0 Å². The summed E-state index contributed by atoms with van der Waals surface area (Å²) in [6, 6.07) is 3.67. The van der Waals surface area contributed by atoms with E-state index in [1.54, 1.807) is 11.6 Å². The Morgan fingerprint density at radius 1 is 1.57 bits per heavy atom. The third-order valence-corrected chi connectivity index (χ3v) is 3.16. The molecule has 72 valence electrons.